The van der Waals surface area contributed by atoms with Crippen LogP contribution in [0.15, 0.2) is 18.2 Å². The van der Waals surface area contributed by atoms with Crippen molar-refractivity contribution in [3.05, 3.63) is 35.1 Å². The smallest absolute Gasteiger partial charge is 0.314 e. The fraction of sp³-hybridized carbons (Fsp3) is 0.647. The first kappa shape index (κ1) is 18.2. The van der Waals surface area contributed by atoms with Gasteiger partial charge in [0.2, 0.25) is 0 Å². The molecule has 1 heterocycles. The van der Waals surface area contributed by atoms with Crippen molar-refractivity contribution in [1.29, 1.82) is 0 Å². The molecule has 0 aliphatic carbocycles. The Balaban J connectivity index is 2.32. The molecular formula is C17H24F4N2. The molecule has 1 aliphatic heterocycles. The molecule has 1 unspecified atom stereocenters. The minimum absolute atomic E-state index is 0.0474. The molecule has 0 saturated carbocycles. The number of nitrogens with zero attached hydrogens (tertiary/aromatic N) is 1. The minimum atomic E-state index is -4.65. The number of piperazine rings is 1. The molecule has 0 aromatic heterocycles. The number of hydrogen-bond acceptors (Lipinski definition) is 2. The van der Waals surface area contributed by atoms with Crippen LogP contribution >= 0.6 is 0 Å². The second-order valence-electron chi connectivity index (χ2n) is 6.23. The van der Waals surface area contributed by atoms with E-state index in [1.54, 1.807) is 0 Å². The highest BCUT2D eigenvalue weighted by Gasteiger charge is 2.35. The monoisotopic (exact) mass is 332 g/mol. The van der Waals surface area contributed by atoms with E-state index >= 15 is 0 Å². The summed E-state index contributed by atoms with van der Waals surface area (Å²) in [5.41, 5.74) is -0.554. The van der Waals surface area contributed by atoms with Gasteiger partial charge < -0.3 is 5.32 Å². The molecule has 1 N–H and O–H groups in total. The van der Waals surface area contributed by atoms with E-state index in [0.29, 0.717) is 5.56 Å². The van der Waals surface area contributed by atoms with Crippen LogP contribution in [0.25, 0.3) is 0 Å². The van der Waals surface area contributed by atoms with E-state index in [0.717, 1.165) is 51.2 Å². The summed E-state index contributed by atoms with van der Waals surface area (Å²) >= 11 is 0. The summed E-state index contributed by atoms with van der Waals surface area (Å²) in [5, 5.41) is 3.27. The Hall–Kier alpha value is -1.14. The van der Waals surface area contributed by atoms with E-state index in [-0.39, 0.29) is 12.0 Å². The SMILES string of the molecule is CCCC(C)[C@@H](c1ccc(C(F)(F)F)c(F)c1)N1CCNCC1. The number of benzene rings is 1. The number of rotatable bonds is 5. The molecule has 1 aromatic carbocycles. The van der Waals surface area contributed by atoms with Gasteiger partial charge in [-0.3, -0.25) is 4.90 Å². The van der Waals surface area contributed by atoms with Crippen molar-refractivity contribution in [2.24, 2.45) is 5.92 Å². The number of hydrogen-bond donors (Lipinski definition) is 1. The fourth-order valence-electron chi connectivity index (χ4n) is 3.42. The van der Waals surface area contributed by atoms with Gasteiger partial charge in [-0.1, -0.05) is 26.3 Å². The van der Waals surface area contributed by atoms with Gasteiger partial charge in [0.05, 0.1) is 5.56 Å². The molecule has 0 radical (unpaired) electrons. The standard InChI is InChI=1S/C17H24F4N2/c1-3-4-12(2)16(23-9-7-22-8-10-23)13-5-6-14(15(18)11-13)17(19,20)21/h5-6,11-12,16,22H,3-4,7-10H2,1-2H3/t12?,16-/m0/s1. The van der Waals surface area contributed by atoms with Gasteiger partial charge in [-0.05, 0) is 30.0 Å². The molecule has 0 bridgehead atoms. The molecule has 2 rings (SSSR count). The second-order valence-corrected chi connectivity index (χ2v) is 6.23. The summed E-state index contributed by atoms with van der Waals surface area (Å²) in [6, 6.07) is 3.33. The van der Waals surface area contributed by atoms with Crippen LogP contribution in [0.1, 0.15) is 43.9 Å². The van der Waals surface area contributed by atoms with E-state index in [1.807, 2.05) is 0 Å². The number of alkyl halides is 3. The highest BCUT2D eigenvalue weighted by Crippen LogP contribution is 2.36. The van der Waals surface area contributed by atoms with E-state index in [1.165, 1.54) is 6.07 Å². The zero-order valence-corrected chi connectivity index (χ0v) is 13.6. The van der Waals surface area contributed by atoms with Crippen molar-refractivity contribution in [1.82, 2.24) is 10.2 Å². The lowest BCUT2D eigenvalue weighted by molar-refractivity contribution is -0.140. The summed E-state index contributed by atoms with van der Waals surface area (Å²) in [4.78, 5) is 2.25. The van der Waals surface area contributed by atoms with Crippen LogP contribution in [0.3, 0.4) is 0 Å². The van der Waals surface area contributed by atoms with Crippen molar-refractivity contribution >= 4 is 0 Å². The Morgan fingerprint density at radius 1 is 1.22 bits per heavy atom. The molecule has 6 heteroatoms. The Morgan fingerprint density at radius 2 is 1.87 bits per heavy atom. The van der Waals surface area contributed by atoms with Gasteiger partial charge in [0.1, 0.15) is 5.82 Å². The first-order valence-corrected chi connectivity index (χ1v) is 8.16. The summed E-state index contributed by atoms with van der Waals surface area (Å²) in [5.74, 6) is -0.923. The van der Waals surface area contributed by atoms with Crippen molar-refractivity contribution in [3.8, 4) is 0 Å². The predicted molar refractivity (Wildman–Crippen MR) is 82.7 cm³/mol. The fourth-order valence-corrected chi connectivity index (χ4v) is 3.42. The third-order valence-corrected chi connectivity index (χ3v) is 4.47. The molecule has 130 valence electrons. The molecule has 0 spiro atoms. The Bertz CT molecular complexity index is 510. The average molecular weight is 332 g/mol. The van der Waals surface area contributed by atoms with Crippen LogP contribution in [0.5, 0.6) is 0 Å². The molecule has 23 heavy (non-hydrogen) atoms. The summed E-state index contributed by atoms with van der Waals surface area (Å²) in [7, 11) is 0. The summed E-state index contributed by atoms with van der Waals surface area (Å²) in [6.45, 7) is 7.50. The van der Waals surface area contributed by atoms with Gasteiger partial charge in [-0.15, -0.1) is 0 Å². The van der Waals surface area contributed by atoms with Gasteiger partial charge >= 0.3 is 6.18 Å². The van der Waals surface area contributed by atoms with Crippen LogP contribution in [0, 0.1) is 11.7 Å². The largest absolute Gasteiger partial charge is 0.419 e. The van der Waals surface area contributed by atoms with E-state index in [2.05, 4.69) is 24.1 Å². The molecular weight excluding hydrogens is 308 g/mol. The Morgan fingerprint density at radius 3 is 2.39 bits per heavy atom. The number of halogens is 4. The highest BCUT2D eigenvalue weighted by atomic mass is 19.4. The van der Waals surface area contributed by atoms with Crippen molar-refractivity contribution in [3.63, 3.8) is 0 Å². The lowest BCUT2D eigenvalue weighted by Gasteiger charge is -2.38. The Kier molecular flexibility index (Phi) is 6.03. The van der Waals surface area contributed by atoms with Gasteiger partial charge in [-0.25, -0.2) is 4.39 Å². The number of nitrogens with one attached hydrogen (secondary N) is 1. The lowest BCUT2D eigenvalue weighted by Crippen LogP contribution is -2.46. The third kappa shape index (κ3) is 4.44. The van der Waals surface area contributed by atoms with Gasteiger partial charge in [0.25, 0.3) is 0 Å². The predicted octanol–water partition coefficient (Wildman–Crippen LogP) is 4.23. The maximum Gasteiger partial charge on any atom is 0.419 e. The quantitative estimate of drug-likeness (QED) is 0.812. The zero-order valence-electron chi connectivity index (χ0n) is 13.6. The third-order valence-electron chi connectivity index (χ3n) is 4.47. The van der Waals surface area contributed by atoms with E-state index < -0.39 is 17.6 Å². The molecule has 2 nitrogen and oxygen atoms in total. The molecule has 1 fully saturated rings. The first-order chi connectivity index (χ1) is 10.8. The maximum atomic E-state index is 14.0. The van der Waals surface area contributed by atoms with Gasteiger partial charge in [-0.2, -0.15) is 13.2 Å². The van der Waals surface area contributed by atoms with Crippen LogP contribution in [0.2, 0.25) is 0 Å². The highest BCUT2D eigenvalue weighted by molar-refractivity contribution is 5.29. The van der Waals surface area contributed by atoms with Gasteiger partial charge in [0.15, 0.2) is 0 Å². The van der Waals surface area contributed by atoms with Crippen LogP contribution < -0.4 is 5.32 Å². The van der Waals surface area contributed by atoms with Crippen LogP contribution in [-0.4, -0.2) is 31.1 Å². The van der Waals surface area contributed by atoms with E-state index in [4.69, 9.17) is 0 Å². The topological polar surface area (TPSA) is 15.3 Å². The molecule has 0 amide bonds. The summed E-state index contributed by atoms with van der Waals surface area (Å²) < 4.78 is 52.2. The summed E-state index contributed by atoms with van der Waals surface area (Å²) in [6.07, 6.45) is -2.70. The Labute approximate surface area is 134 Å². The zero-order chi connectivity index (χ0) is 17.0. The molecule has 1 aliphatic rings. The van der Waals surface area contributed by atoms with Crippen molar-refractivity contribution in [2.75, 3.05) is 26.2 Å². The van der Waals surface area contributed by atoms with Crippen molar-refractivity contribution < 1.29 is 17.6 Å². The van der Waals surface area contributed by atoms with Crippen LogP contribution in [-0.2, 0) is 6.18 Å². The minimum Gasteiger partial charge on any atom is -0.314 e. The normalized spacial score (nSPS) is 19.6. The van der Waals surface area contributed by atoms with Gasteiger partial charge in [0, 0.05) is 32.2 Å². The van der Waals surface area contributed by atoms with Crippen molar-refractivity contribution in [2.45, 2.75) is 38.9 Å². The lowest BCUT2D eigenvalue weighted by atomic mass is 9.88. The molecule has 1 aromatic rings. The maximum absolute atomic E-state index is 14.0. The second kappa shape index (κ2) is 7.62. The first-order valence-electron chi connectivity index (χ1n) is 8.16. The molecule has 2 atom stereocenters. The average Bonchev–Trinajstić information content (AvgIpc) is 2.47. The van der Waals surface area contributed by atoms with E-state index in [9.17, 15) is 17.6 Å². The molecule has 1 saturated heterocycles. The van der Waals surface area contributed by atoms with Crippen LogP contribution in [0.4, 0.5) is 17.6 Å².